The highest BCUT2D eigenvalue weighted by molar-refractivity contribution is 7.89. The fourth-order valence-corrected chi connectivity index (χ4v) is 5.61. The molecule has 31 heavy (non-hydrogen) atoms. The first kappa shape index (κ1) is 21.7. The average Bonchev–Trinajstić information content (AvgIpc) is 3.31. The molecule has 1 aliphatic heterocycles. The molecule has 1 aliphatic rings. The molecule has 1 fully saturated rings. The van der Waals surface area contributed by atoms with Gasteiger partial charge in [-0.05, 0) is 49.1 Å². The Morgan fingerprint density at radius 2 is 1.94 bits per heavy atom. The Balaban J connectivity index is 1.42. The Labute approximate surface area is 184 Å². The van der Waals surface area contributed by atoms with Crippen molar-refractivity contribution in [2.75, 3.05) is 26.2 Å². The van der Waals surface area contributed by atoms with Crippen molar-refractivity contribution in [1.82, 2.24) is 14.2 Å². The largest absolute Gasteiger partial charge is 0.440 e. The quantitative estimate of drug-likeness (QED) is 0.580. The van der Waals surface area contributed by atoms with E-state index in [0.29, 0.717) is 36.9 Å². The van der Waals surface area contributed by atoms with Crippen LogP contribution in [0.3, 0.4) is 0 Å². The number of carbonyl (C=O) groups is 1. The highest BCUT2D eigenvalue weighted by atomic mass is 32.2. The van der Waals surface area contributed by atoms with Gasteiger partial charge in [0, 0.05) is 26.2 Å². The molecule has 0 atom stereocenters. The van der Waals surface area contributed by atoms with Gasteiger partial charge in [0.15, 0.2) is 0 Å². The molecule has 3 heterocycles. The number of oxazole rings is 1. The van der Waals surface area contributed by atoms with Crippen LogP contribution >= 0.6 is 11.3 Å². The van der Waals surface area contributed by atoms with Crippen LogP contribution in [0.25, 0.3) is 10.8 Å². The number of amides is 1. The first-order valence-electron chi connectivity index (χ1n) is 9.88. The second kappa shape index (κ2) is 8.89. The molecule has 164 valence electrons. The minimum Gasteiger partial charge on any atom is -0.440 e. The third kappa shape index (κ3) is 4.70. The minimum atomic E-state index is -3.74. The average molecular weight is 464 g/mol. The standard InChI is InChI=1S/C21H22FN3O4S2/c1-15-18(23-21(29-15)19-4-2-13-30-19)14-20(26)24-9-3-10-25(12-11-24)31(27,28)17-7-5-16(22)6-8-17/h2,4-8,13H,3,9-12,14H2,1H3. The topological polar surface area (TPSA) is 83.7 Å². The number of hydrogen-bond acceptors (Lipinski definition) is 6. The van der Waals surface area contributed by atoms with Crippen LogP contribution in [-0.2, 0) is 21.2 Å². The SMILES string of the molecule is Cc1oc(-c2cccs2)nc1CC(=O)N1CCCN(S(=O)(=O)c2ccc(F)cc2)CC1. The third-order valence-electron chi connectivity index (χ3n) is 5.20. The van der Waals surface area contributed by atoms with Crippen LogP contribution in [0, 0.1) is 12.7 Å². The van der Waals surface area contributed by atoms with Crippen molar-refractivity contribution in [3.8, 4) is 10.8 Å². The van der Waals surface area contributed by atoms with Gasteiger partial charge in [-0.1, -0.05) is 6.07 Å². The summed E-state index contributed by atoms with van der Waals surface area (Å²) >= 11 is 1.51. The van der Waals surface area contributed by atoms with Gasteiger partial charge in [0.1, 0.15) is 11.6 Å². The predicted octanol–water partition coefficient (Wildman–Crippen LogP) is 3.32. The van der Waals surface area contributed by atoms with E-state index in [1.165, 1.54) is 27.8 Å². The molecule has 7 nitrogen and oxygen atoms in total. The van der Waals surface area contributed by atoms with Gasteiger partial charge in [0.05, 0.1) is 21.9 Å². The van der Waals surface area contributed by atoms with E-state index < -0.39 is 15.8 Å². The van der Waals surface area contributed by atoms with Crippen LogP contribution in [0.4, 0.5) is 4.39 Å². The lowest BCUT2D eigenvalue weighted by Gasteiger charge is -2.22. The molecule has 10 heteroatoms. The van der Waals surface area contributed by atoms with Crippen LogP contribution < -0.4 is 0 Å². The lowest BCUT2D eigenvalue weighted by atomic mass is 10.2. The third-order valence-corrected chi connectivity index (χ3v) is 7.97. The fourth-order valence-electron chi connectivity index (χ4n) is 3.49. The van der Waals surface area contributed by atoms with E-state index in [9.17, 15) is 17.6 Å². The Morgan fingerprint density at radius 1 is 1.16 bits per heavy atom. The maximum atomic E-state index is 13.1. The molecule has 1 amide bonds. The van der Waals surface area contributed by atoms with Gasteiger partial charge in [-0.2, -0.15) is 4.31 Å². The number of aryl methyl sites for hydroxylation is 1. The molecule has 4 rings (SSSR count). The lowest BCUT2D eigenvalue weighted by Crippen LogP contribution is -2.38. The molecule has 0 unspecified atom stereocenters. The van der Waals surface area contributed by atoms with E-state index in [2.05, 4.69) is 4.98 Å². The van der Waals surface area contributed by atoms with E-state index in [4.69, 9.17) is 4.42 Å². The van der Waals surface area contributed by atoms with Crippen LogP contribution in [-0.4, -0.2) is 54.7 Å². The molecule has 0 radical (unpaired) electrons. The van der Waals surface area contributed by atoms with Gasteiger partial charge >= 0.3 is 0 Å². The zero-order valence-corrected chi connectivity index (χ0v) is 18.6. The van der Waals surface area contributed by atoms with Crippen LogP contribution in [0.15, 0.2) is 51.1 Å². The summed E-state index contributed by atoms with van der Waals surface area (Å²) in [7, 11) is -3.74. The molecular formula is C21H22FN3O4S2. The molecule has 3 aromatic rings. The molecular weight excluding hydrogens is 441 g/mol. The Bertz CT molecular complexity index is 1160. The Kier molecular flexibility index (Phi) is 6.22. The summed E-state index contributed by atoms with van der Waals surface area (Å²) in [5.41, 5.74) is 0.591. The molecule has 0 bridgehead atoms. The molecule has 1 saturated heterocycles. The highest BCUT2D eigenvalue weighted by Crippen LogP contribution is 2.26. The van der Waals surface area contributed by atoms with Crippen LogP contribution in [0.1, 0.15) is 17.9 Å². The normalized spacial score (nSPS) is 15.7. The summed E-state index contributed by atoms with van der Waals surface area (Å²) < 4.78 is 45.9. The van der Waals surface area contributed by atoms with Gasteiger partial charge in [-0.15, -0.1) is 11.3 Å². The predicted molar refractivity (Wildman–Crippen MR) is 115 cm³/mol. The molecule has 1 aromatic carbocycles. The summed E-state index contributed by atoms with van der Waals surface area (Å²) in [6, 6.07) is 8.60. The highest BCUT2D eigenvalue weighted by Gasteiger charge is 2.29. The first-order chi connectivity index (χ1) is 14.8. The number of halogens is 1. The summed E-state index contributed by atoms with van der Waals surface area (Å²) in [4.78, 5) is 20.0. The summed E-state index contributed by atoms with van der Waals surface area (Å²) in [6.45, 7) is 3.02. The number of aromatic nitrogens is 1. The second-order valence-electron chi connectivity index (χ2n) is 7.27. The van der Waals surface area contributed by atoms with Crippen molar-refractivity contribution in [2.45, 2.75) is 24.7 Å². The second-order valence-corrected chi connectivity index (χ2v) is 10.2. The maximum absolute atomic E-state index is 13.1. The summed E-state index contributed by atoms with van der Waals surface area (Å²) in [6.07, 6.45) is 0.621. The van der Waals surface area contributed by atoms with Gasteiger partial charge in [-0.25, -0.2) is 17.8 Å². The number of benzene rings is 1. The minimum absolute atomic E-state index is 0.0491. The van der Waals surface area contributed by atoms with Crippen LogP contribution in [0.2, 0.25) is 0 Å². The zero-order chi connectivity index (χ0) is 22.0. The van der Waals surface area contributed by atoms with Crippen molar-refractivity contribution < 1.29 is 22.0 Å². The Hall–Kier alpha value is -2.56. The van der Waals surface area contributed by atoms with E-state index in [-0.39, 0.29) is 30.3 Å². The smallest absolute Gasteiger partial charge is 0.243 e. The van der Waals surface area contributed by atoms with Gasteiger partial charge in [-0.3, -0.25) is 4.79 Å². The van der Waals surface area contributed by atoms with Crippen molar-refractivity contribution >= 4 is 27.3 Å². The zero-order valence-electron chi connectivity index (χ0n) is 17.0. The number of rotatable bonds is 5. The van der Waals surface area contributed by atoms with E-state index in [1.54, 1.807) is 11.8 Å². The van der Waals surface area contributed by atoms with E-state index in [0.717, 1.165) is 17.0 Å². The lowest BCUT2D eigenvalue weighted by molar-refractivity contribution is -0.130. The summed E-state index contributed by atoms with van der Waals surface area (Å²) in [5, 5.41) is 1.93. The number of sulfonamides is 1. The van der Waals surface area contributed by atoms with E-state index >= 15 is 0 Å². The maximum Gasteiger partial charge on any atom is 0.243 e. The molecule has 2 aromatic heterocycles. The molecule has 0 saturated carbocycles. The number of nitrogens with zero attached hydrogens (tertiary/aromatic N) is 3. The number of thiophene rings is 1. The number of carbonyl (C=O) groups excluding carboxylic acids is 1. The molecule has 0 N–H and O–H groups in total. The van der Waals surface area contributed by atoms with Crippen molar-refractivity contribution in [3.63, 3.8) is 0 Å². The Morgan fingerprint density at radius 3 is 2.65 bits per heavy atom. The van der Waals surface area contributed by atoms with Gasteiger partial charge < -0.3 is 9.32 Å². The van der Waals surface area contributed by atoms with Gasteiger partial charge in [0.2, 0.25) is 21.8 Å². The van der Waals surface area contributed by atoms with Gasteiger partial charge in [0.25, 0.3) is 0 Å². The molecule has 0 spiro atoms. The van der Waals surface area contributed by atoms with E-state index in [1.807, 2.05) is 17.5 Å². The number of hydrogen-bond donors (Lipinski definition) is 0. The molecule has 0 aliphatic carbocycles. The van der Waals surface area contributed by atoms with Crippen molar-refractivity contribution in [2.24, 2.45) is 0 Å². The van der Waals surface area contributed by atoms with Crippen molar-refractivity contribution in [3.05, 3.63) is 59.0 Å². The van der Waals surface area contributed by atoms with Crippen molar-refractivity contribution in [1.29, 1.82) is 0 Å². The monoisotopic (exact) mass is 463 g/mol. The fraction of sp³-hybridized carbons (Fsp3) is 0.333. The van der Waals surface area contributed by atoms with Crippen LogP contribution in [0.5, 0.6) is 0 Å². The first-order valence-corrected chi connectivity index (χ1v) is 12.2. The summed E-state index contributed by atoms with van der Waals surface area (Å²) in [5.74, 6) is 0.502.